The number of allylic oxidation sites excluding steroid dienone is 2. The van der Waals surface area contributed by atoms with Crippen molar-refractivity contribution in [1.29, 1.82) is 0 Å². The number of hydrogen-bond donors (Lipinski definition) is 3. The average molecular weight is 272 g/mol. The largest absolute Gasteiger partial charge is 0.488 e. The Bertz CT molecular complexity index is 558. The van der Waals surface area contributed by atoms with E-state index in [2.05, 4.69) is 11.8 Å². The molecule has 1 unspecified atom stereocenters. The van der Waals surface area contributed by atoms with Crippen LogP contribution < -0.4 is 4.74 Å². The number of ether oxygens (including phenoxy) is 1. The van der Waals surface area contributed by atoms with Crippen molar-refractivity contribution < 1.29 is 20.1 Å². The van der Waals surface area contributed by atoms with Gasteiger partial charge in [-0.3, -0.25) is 0 Å². The molecule has 0 bridgehead atoms. The molecule has 104 valence electrons. The summed E-state index contributed by atoms with van der Waals surface area (Å²) >= 11 is 0. The van der Waals surface area contributed by atoms with Crippen LogP contribution >= 0.6 is 0 Å². The van der Waals surface area contributed by atoms with Gasteiger partial charge in [-0.1, -0.05) is 24.0 Å². The number of rotatable bonds is 3. The molecule has 1 aliphatic carbocycles. The monoisotopic (exact) mass is 272 g/mol. The molecule has 0 aromatic heterocycles. The van der Waals surface area contributed by atoms with Crippen LogP contribution in [0.5, 0.6) is 5.75 Å². The van der Waals surface area contributed by atoms with Crippen LogP contribution in [0, 0.1) is 11.8 Å². The molecule has 0 heterocycles. The zero-order valence-electron chi connectivity index (χ0n) is 10.9. The summed E-state index contributed by atoms with van der Waals surface area (Å²) in [5.41, 5.74) is 1.61. The van der Waals surface area contributed by atoms with E-state index in [1.807, 2.05) is 12.2 Å². The van der Waals surface area contributed by atoms with Gasteiger partial charge < -0.3 is 20.1 Å². The van der Waals surface area contributed by atoms with Crippen molar-refractivity contribution in [2.45, 2.75) is 18.8 Å². The van der Waals surface area contributed by atoms with Crippen molar-refractivity contribution >= 4 is 0 Å². The Balaban J connectivity index is 1.99. The van der Waals surface area contributed by atoms with Crippen LogP contribution in [0.3, 0.4) is 0 Å². The normalized spacial score (nSPS) is 17.4. The van der Waals surface area contributed by atoms with E-state index in [0.29, 0.717) is 12.2 Å². The predicted molar refractivity (Wildman–Crippen MR) is 74.9 cm³/mol. The van der Waals surface area contributed by atoms with Crippen molar-refractivity contribution in [3.05, 3.63) is 53.6 Å². The third-order valence-electron chi connectivity index (χ3n) is 2.65. The van der Waals surface area contributed by atoms with Gasteiger partial charge in [0, 0.05) is 11.1 Å². The first-order valence-electron chi connectivity index (χ1n) is 6.31. The molecule has 0 saturated carbocycles. The molecule has 0 saturated heterocycles. The second-order valence-corrected chi connectivity index (χ2v) is 4.39. The summed E-state index contributed by atoms with van der Waals surface area (Å²) in [6.07, 6.45) is 4.21. The van der Waals surface area contributed by atoms with Gasteiger partial charge in [0.05, 0.1) is 6.10 Å². The van der Waals surface area contributed by atoms with Gasteiger partial charge in [-0.05, 0) is 36.8 Å². The molecule has 0 fully saturated rings. The zero-order chi connectivity index (χ0) is 14.4. The van der Waals surface area contributed by atoms with E-state index in [-0.39, 0.29) is 6.61 Å². The molecule has 1 aromatic carbocycles. The molecule has 20 heavy (non-hydrogen) atoms. The molecule has 0 aliphatic heterocycles. The molecular formula is C16H16O4. The Labute approximate surface area is 117 Å². The van der Waals surface area contributed by atoms with E-state index in [0.717, 1.165) is 11.1 Å². The van der Waals surface area contributed by atoms with Crippen LogP contribution in [0.2, 0.25) is 0 Å². The quantitative estimate of drug-likeness (QED) is 0.566. The van der Waals surface area contributed by atoms with E-state index in [4.69, 9.17) is 14.9 Å². The fourth-order valence-corrected chi connectivity index (χ4v) is 1.70. The minimum absolute atomic E-state index is 0.166. The van der Waals surface area contributed by atoms with Gasteiger partial charge in [-0.15, -0.1) is 0 Å². The average Bonchev–Trinajstić information content (AvgIpc) is 2.44. The lowest BCUT2D eigenvalue weighted by Gasteiger charge is -2.07. The van der Waals surface area contributed by atoms with E-state index in [1.54, 1.807) is 30.3 Å². The zero-order valence-corrected chi connectivity index (χ0v) is 10.9. The smallest absolute Gasteiger partial charge is 0.186 e. The Morgan fingerprint density at radius 1 is 1.20 bits per heavy atom. The van der Waals surface area contributed by atoms with Gasteiger partial charge in [-0.2, -0.15) is 0 Å². The molecule has 0 amide bonds. The number of aliphatic hydroxyl groups is 3. The van der Waals surface area contributed by atoms with Gasteiger partial charge in [0.25, 0.3) is 0 Å². The highest BCUT2D eigenvalue weighted by molar-refractivity contribution is 5.47. The van der Waals surface area contributed by atoms with Gasteiger partial charge in [0.15, 0.2) is 6.29 Å². The van der Waals surface area contributed by atoms with Crippen LogP contribution in [0.4, 0.5) is 0 Å². The summed E-state index contributed by atoms with van der Waals surface area (Å²) in [6.45, 7) is -0.166. The van der Waals surface area contributed by atoms with Crippen molar-refractivity contribution in [1.82, 2.24) is 0 Å². The summed E-state index contributed by atoms with van der Waals surface area (Å²) in [4.78, 5) is 0. The van der Waals surface area contributed by atoms with Crippen LogP contribution in [0.25, 0.3) is 0 Å². The molecule has 3 N–H and O–H groups in total. The topological polar surface area (TPSA) is 69.9 Å². The molecule has 1 atom stereocenters. The van der Waals surface area contributed by atoms with Gasteiger partial charge in [0.2, 0.25) is 0 Å². The van der Waals surface area contributed by atoms with E-state index in [1.165, 1.54) is 0 Å². The number of aliphatic hydroxyl groups excluding tert-OH is 2. The summed E-state index contributed by atoms with van der Waals surface area (Å²) in [5, 5.41) is 26.9. The SMILES string of the molecule is OC(O)COc1ccc(C#CC2=CC(O)CC=C2)cc1. The third-order valence-corrected chi connectivity index (χ3v) is 2.65. The van der Waals surface area contributed by atoms with Gasteiger partial charge in [-0.25, -0.2) is 0 Å². The minimum atomic E-state index is -1.48. The van der Waals surface area contributed by atoms with Gasteiger partial charge in [0.1, 0.15) is 12.4 Å². The highest BCUT2D eigenvalue weighted by Crippen LogP contribution is 2.13. The molecule has 1 aromatic rings. The maximum atomic E-state index is 9.46. The minimum Gasteiger partial charge on any atom is -0.488 e. The highest BCUT2D eigenvalue weighted by atomic mass is 16.5. The number of hydrogen-bond acceptors (Lipinski definition) is 4. The van der Waals surface area contributed by atoms with Crippen LogP contribution in [0.15, 0.2) is 48.1 Å². The highest BCUT2D eigenvalue weighted by Gasteiger charge is 2.03. The lowest BCUT2D eigenvalue weighted by atomic mass is 10.0. The first-order valence-corrected chi connectivity index (χ1v) is 6.31. The fourth-order valence-electron chi connectivity index (χ4n) is 1.70. The Kier molecular flexibility index (Phi) is 4.97. The van der Waals surface area contributed by atoms with Crippen LogP contribution in [-0.4, -0.2) is 34.3 Å². The lowest BCUT2D eigenvalue weighted by Crippen LogP contribution is -2.15. The van der Waals surface area contributed by atoms with Crippen molar-refractivity contribution in [2.24, 2.45) is 0 Å². The first-order chi connectivity index (χ1) is 9.63. The van der Waals surface area contributed by atoms with Gasteiger partial charge >= 0.3 is 0 Å². The molecule has 2 rings (SSSR count). The number of benzene rings is 1. The molecule has 0 spiro atoms. The Morgan fingerprint density at radius 3 is 2.60 bits per heavy atom. The molecule has 4 heteroatoms. The van der Waals surface area contributed by atoms with E-state index in [9.17, 15) is 5.11 Å². The fraction of sp³-hybridized carbons (Fsp3) is 0.250. The second-order valence-electron chi connectivity index (χ2n) is 4.39. The maximum Gasteiger partial charge on any atom is 0.186 e. The summed E-state index contributed by atoms with van der Waals surface area (Å²) in [7, 11) is 0. The molecule has 4 nitrogen and oxygen atoms in total. The van der Waals surface area contributed by atoms with Crippen LogP contribution in [-0.2, 0) is 0 Å². The third kappa shape index (κ3) is 4.56. The summed E-state index contributed by atoms with van der Waals surface area (Å²) in [5.74, 6) is 6.53. The standard InChI is InChI=1S/C16H16O4/c17-14-3-1-2-13(10-14)5-4-12-6-8-15(9-7-12)20-11-16(18)19/h1-2,6-10,14,16-19H,3,11H2. The van der Waals surface area contributed by atoms with Crippen molar-refractivity contribution in [3.63, 3.8) is 0 Å². The maximum absolute atomic E-state index is 9.46. The van der Waals surface area contributed by atoms with E-state index < -0.39 is 12.4 Å². The van der Waals surface area contributed by atoms with Crippen molar-refractivity contribution in [3.8, 4) is 17.6 Å². The van der Waals surface area contributed by atoms with E-state index >= 15 is 0 Å². The summed E-state index contributed by atoms with van der Waals surface area (Å²) in [6, 6.07) is 7.00. The first kappa shape index (κ1) is 14.4. The molecule has 1 aliphatic rings. The Morgan fingerprint density at radius 2 is 1.95 bits per heavy atom. The molecule has 0 radical (unpaired) electrons. The van der Waals surface area contributed by atoms with Crippen molar-refractivity contribution in [2.75, 3.05) is 6.61 Å². The summed E-state index contributed by atoms with van der Waals surface area (Å²) < 4.78 is 5.13. The second kappa shape index (κ2) is 6.92. The lowest BCUT2D eigenvalue weighted by molar-refractivity contribution is -0.0680. The predicted octanol–water partition coefficient (Wildman–Crippen LogP) is 0.975. The Hall–Kier alpha value is -2.06. The van der Waals surface area contributed by atoms with Crippen LogP contribution in [0.1, 0.15) is 12.0 Å². The molecular weight excluding hydrogens is 256 g/mol.